The lowest BCUT2D eigenvalue weighted by molar-refractivity contribution is -0.131. The number of rotatable bonds is 7. The topological polar surface area (TPSA) is 69.7 Å². The highest BCUT2D eigenvalue weighted by molar-refractivity contribution is 6.04. The van der Waals surface area contributed by atoms with Crippen molar-refractivity contribution in [2.75, 3.05) is 13.1 Å². The van der Waals surface area contributed by atoms with Crippen molar-refractivity contribution < 1.29 is 14.4 Å². The molecule has 6 heteroatoms. The van der Waals surface area contributed by atoms with Crippen molar-refractivity contribution >= 4 is 17.8 Å². The van der Waals surface area contributed by atoms with Crippen LogP contribution in [-0.4, -0.2) is 46.8 Å². The Labute approximate surface area is 164 Å². The summed E-state index contributed by atoms with van der Waals surface area (Å²) >= 11 is 0. The van der Waals surface area contributed by atoms with Gasteiger partial charge in [0.05, 0.1) is 6.04 Å². The van der Waals surface area contributed by atoms with Crippen molar-refractivity contribution in [3.63, 3.8) is 0 Å². The Morgan fingerprint density at radius 3 is 2.29 bits per heavy atom. The monoisotopic (exact) mass is 377 g/mol. The highest BCUT2D eigenvalue weighted by Crippen LogP contribution is 2.30. The van der Waals surface area contributed by atoms with Crippen LogP contribution in [0.3, 0.4) is 0 Å². The summed E-state index contributed by atoms with van der Waals surface area (Å²) in [6.45, 7) is -0.151. The van der Waals surface area contributed by atoms with E-state index < -0.39 is 0 Å². The molecule has 4 rings (SSSR count). The van der Waals surface area contributed by atoms with Crippen molar-refractivity contribution in [3.8, 4) is 0 Å². The largest absolute Gasteiger partial charge is 0.347 e. The number of amides is 4. The summed E-state index contributed by atoms with van der Waals surface area (Å²) < 4.78 is 0. The van der Waals surface area contributed by atoms with Crippen molar-refractivity contribution in [3.05, 3.63) is 71.8 Å². The van der Waals surface area contributed by atoms with Crippen molar-refractivity contribution in [2.45, 2.75) is 31.3 Å². The Hall–Kier alpha value is -3.15. The van der Waals surface area contributed by atoms with Crippen molar-refractivity contribution in [1.29, 1.82) is 0 Å². The predicted molar refractivity (Wildman–Crippen MR) is 104 cm³/mol. The highest BCUT2D eigenvalue weighted by atomic mass is 16.2. The number of benzene rings is 2. The molecule has 0 bridgehead atoms. The molecule has 28 heavy (non-hydrogen) atoms. The van der Waals surface area contributed by atoms with Crippen LogP contribution in [0.15, 0.2) is 60.7 Å². The van der Waals surface area contributed by atoms with E-state index in [-0.39, 0.29) is 43.0 Å². The summed E-state index contributed by atoms with van der Waals surface area (Å²) in [6, 6.07) is 19.2. The van der Waals surface area contributed by atoms with E-state index in [1.807, 2.05) is 60.7 Å². The third kappa shape index (κ3) is 4.06. The van der Waals surface area contributed by atoms with Gasteiger partial charge in [0.15, 0.2) is 0 Å². The van der Waals surface area contributed by atoms with E-state index in [2.05, 4.69) is 5.32 Å². The van der Waals surface area contributed by atoms with Gasteiger partial charge in [-0.25, -0.2) is 4.79 Å². The second kappa shape index (κ2) is 7.84. The van der Waals surface area contributed by atoms with Gasteiger partial charge in [0, 0.05) is 6.04 Å². The van der Waals surface area contributed by atoms with Crippen LogP contribution in [0.1, 0.15) is 30.0 Å². The maximum absolute atomic E-state index is 12.7. The first-order valence-corrected chi connectivity index (χ1v) is 9.61. The molecule has 1 heterocycles. The SMILES string of the molecule is O=C(CN1C(=O)CN(C2CC2)C1=O)NC(Cc1ccccc1)c1ccccc1. The maximum atomic E-state index is 12.7. The molecule has 0 radical (unpaired) electrons. The molecule has 1 atom stereocenters. The summed E-state index contributed by atoms with van der Waals surface area (Å²) in [5.41, 5.74) is 2.09. The molecule has 1 aliphatic carbocycles. The van der Waals surface area contributed by atoms with Gasteiger partial charge in [0.2, 0.25) is 5.91 Å². The van der Waals surface area contributed by atoms with Crippen LogP contribution in [0.2, 0.25) is 0 Å². The van der Waals surface area contributed by atoms with Gasteiger partial charge < -0.3 is 10.2 Å². The Morgan fingerprint density at radius 1 is 1.00 bits per heavy atom. The normalized spacial score (nSPS) is 17.7. The minimum absolute atomic E-state index is 0.0862. The lowest BCUT2D eigenvalue weighted by atomic mass is 9.99. The quantitative estimate of drug-likeness (QED) is 0.754. The van der Waals surface area contributed by atoms with Crippen molar-refractivity contribution in [2.24, 2.45) is 0 Å². The van der Waals surface area contributed by atoms with Gasteiger partial charge in [-0.3, -0.25) is 14.5 Å². The van der Waals surface area contributed by atoms with Crippen LogP contribution in [0, 0.1) is 0 Å². The van der Waals surface area contributed by atoms with Gasteiger partial charge in [-0.15, -0.1) is 0 Å². The van der Waals surface area contributed by atoms with E-state index in [9.17, 15) is 14.4 Å². The van der Waals surface area contributed by atoms with Gasteiger partial charge in [-0.1, -0.05) is 60.7 Å². The van der Waals surface area contributed by atoms with Crippen LogP contribution in [-0.2, 0) is 16.0 Å². The minimum Gasteiger partial charge on any atom is -0.347 e. The average Bonchev–Trinajstić information content (AvgIpc) is 3.52. The second-order valence-corrected chi connectivity index (χ2v) is 7.34. The zero-order valence-corrected chi connectivity index (χ0v) is 15.6. The molecule has 6 nitrogen and oxygen atoms in total. The maximum Gasteiger partial charge on any atom is 0.327 e. The van der Waals surface area contributed by atoms with E-state index in [0.717, 1.165) is 28.9 Å². The van der Waals surface area contributed by atoms with Gasteiger partial charge in [-0.05, 0) is 30.4 Å². The lowest BCUT2D eigenvalue weighted by Crippen LogP contribution is -2.43. The lowest BCUT2D eigenvalue weighted by Gasteiger charge is -2.21. The molecule has 4 amide bonds. The van der Waals surface area contributed by atoms with E-state index in [0.29, 0.717) is 6.42 Å². The molecule has 2 aliphatic rings. The molecule has 1 saturated carbocycles. The number of hydrogen-bond acceptors (Lipinski definition) is 3. The van der Waals surface area contributed by atoms with Crippen LogP contribution in [0.4, 0.5) is 4.79 Å². The molecule has 2 aromatic carbocycles. The first-order valence-electron chi connectivity index (χ1n) is 9.61. The fourth-order valence-electron chi connectivity index (χ4n) is 3.56. The van der Waals surface area contributed by atoms with Crippen molar-refractivity contribution in [1.82, 2.24) is 15.1 Å². The van der Waals surface area contributed by atoms with Crippen LogP contribution in [0.5, 0.6) is 0 Å². The van der Waals surface area contributed by atoms with Gasteiger partial charge in [0.1, 0.15) is 13.1 Å². The molecule has 144 valence electrons. The number of nitrogens with one attached hydrogen (secondary N) is 1. The fourth-order valence-corrected chi connectivity index (χ4v) is 3.56. The first kappa shape index (κ1) is 18.2. The molecular weight excluding hydrogens is 354 g/mol. The molecule has 1 unspecified atom stereocenters. The average molecular weight is 377 g/mol. The number of imide groups is 1. The van der Waals surface area contributed by atoms with Crippen LogP contribution >= 0.6 is 0 Å². The summed E-state index contributed by atoms with van der Waals surface area (Å²) in [4.78, 5) is 39.9. The number of hydrogen-bond donors (Lipinski definition) is 1. The number of carbonyl (C=O) groups excluding carboxylic acids is 3. The number of nitrogens with zero attached hydrogens (tertiary/aromatic N) is 2. The molecule has 1 N–H and O–H groups in total. The molecule has 0 aromatic heterocycles. The Morgan fingerprint density at radius 2 is 1.64 bits per heavy atom. The van der Waals surface area contributed by atoms with Gasteiger partial charge >= 0.3 is 6.03 Å². The van der Waals surface area contributed by atoms with E-state index in [4.69, 9.17) is 0 Å². The molecule has 1 aliphatic heterocycles. The zero-order valence-electron chi connectivity index (χ0n) is 15.6. The van der Waals surface area contributed by atoms with E-state index >= 15 is 0 Å². The zero-order chi connectivity index (χ0) is 19.5. The Balaban J connectivity index is 1.45. The molecule has 1 saturated heterocycles. The smallest absolute Gasteiger partial charge is 0.327 e. The first-order chi connectivity index (χ1) is 13.6. The highest BCUT2D eigenvalue weighted by Gasteiger charge is 2.44. The number of urea groups is 1. The molecule has 2 aromatic rings. The molecule has 0 spiro atoms. The number of carbonyl (C=O) groups is 3. The second-order valence-electron chi connectivity index (χ2n) is 7.34. The van der Waals surface area contributed by atoms with Gasteiger partial charge in [-0.2, -0.15) is 0 Å². The predicted octanol–water partition coefficient (Wildman–Crippen LogP) is 2.51. The van der Waals surface area contributed by atoms with E-state index in [1.165, 1.54) is 0 Å². The Kier molecular flexibility index (Phi) is 5.10. The van der Waals surface area contributed by atoms with E-state index in [1.54, 1.807) is 4.90 Å². The standard InChI is InChI=1S/C22H23N3O3/c26-20(14-25-21(27)15-24(22(25)28)18-11-12-18)23-19(17-9-5-2-6-10-17)13-16-7-3-1-4-8-16/h1-10,18-19H,11-15H2,(H,23,26). The third-order valence-electron chi connectivity index (χ3n) is 5.19. The summed E-state index contributed by atoms with van der Waals surface area (Å²) in [6.07, 6.45) is 2.51. The summed E-state index contributed by atoms with van der Waals surface area (Å²) in [7, 11) is 0. The minimum atomic E-state index is -0.345. The Bertz CT molecular complexity index is 865. The van der Waals surface area contributed by atoms with Gasteiger partial charge in [0.25, 0.3) is 5.91 Å². The summed E-state index contributed by atoms with van der Waals surface area (Å²) in [5, 5.41) is 3.01. The third-order valence-corrected chi connectivity index (χ3v) is 5.19. The van der Waals surface area contributed by atoms with Crippen LogP contribution < -0.4 is 5.32 Å². The summed E-state index contributed by atoms with van der Waals surface area (Å²) in [5.74, 6) is -0.629. The van der Waals surface area contributed by atoms with Crippen LogP contribution in [0.25, 0.3) is 0 Å². The molecular formula is C22H23N3O3. The fraction of sp³-hybridized carbons (Fsp3) is 0.318. The molecule has 2 fully saturated rings.